The molecule has 0 saturated heterocycles. The molecular weight excluding hydrogens is 354 g/mol. The lowest BCUT2D eigenvalue weighted by Gasteiger charge is -2.19. The zero-order chi connectivity index (χ0) is 19.9. The highest BCUT2D eigenvalue weighted by molar-refractivity contribution is 6.48. The van der Waals surface area contributed by atoms with Crippen LogP contribution in [0.5, 0.6) is 0 Å². The van der Waals surface area contributed by atoms with Gasteiger partial charge in [0.05, 0.1) is 16.8 Å². The van der Waals surface area contributed by atoms with Crippen molar-refractivity contribution in [1.82, 2.24) is 0 Å². The van der Waals surface area contributed by atoms with E-state index in [1.165, 1.54) is 30.5 Å². The molecule has 0 saturated carbocycles. The molecule has 0 aliphatic heterocycles. The van der Waals surface area contributed by atoms with Crippen LogP contribution in [0.3, 0.4) is 0 Å². The molecule has 0 amide bonds. The van der Waals surface area contributed by atoms with Gasteiger partial charge in [0.2, 0.25) is 9.04 Å². The van der Waals surface area contributed by atoms with Gasteiger partial charge in [0.1, 0.15) is 6.61 Å². The Hall–Kier alpha value is -2.77. The Morgan fingerprint density at radius 1 is 1.31 bits per heavy atom. The third-order valence-corrected chi connectivity index (χ3v) is 4.01. The van der Waals surface area contributed by atoms with E-state index in [2.05, 4.69) is 4.79 Å². The maximum absolute atomic E-state index is 12.3. The first-order valence-corrected chi connectivity index (χ1v) is 10.8. The number of nitro groups is 1. The lowest BCUT2D eigenvalue weighted by Crippen LogP contribution is -2.28. The molecule has 0 radical (unpaired) electrons. The van der Waals surface area contributed by atoms with Crippen molar-refractivity contribution in [3.05, 3.63) is 57.3 Å². The van der Waals surface area contributed by atoms with Gasteiger partial charge in [-0.05, 0) is 36.2 Å². The van der Waals surface area contributed by atoms with Gasteiger partial charge in [0, 0.05) is 12.1 Å². The molecule has 140 valence electrons. The summed E-state index contributed by atoms with van der Waals surface area (Å²) in [6, 6.07) is 5.64. The molecule has 0 unspecified atom stereocenters. The molecule has 0 aliphatic carbocycles. The largest absolute Gasteiger partial charge is 0.552 e. The monoisotopic (exact) mass is 377 g/mol. The molecule has 0 bridgehead atoms. The zero-order valence-corrected chi connectivity index (χ0v) is 16.7. The fourth-order valence-electron chi connectivity index (χ4n) is 1.93. The standard InChI is InChI=1S/C17H23N3O5Si/c1-17(2,3)14(11-25-26(4)5)15(19-18)16(21)24-10-12-6-8-13(9-7-12)20(22)23/h6-9,11,26H,10H2,1-5H3/b14-11+. The number of esters is 1. The number of nitrogens with zero attached hydrogens (tertiary/aromatic N) is 3. The predicted molar refractivity (Wildman–Crippen MR) is 99.0 cm³/mol. The number of hydrogen-bond acceptors (Lipinski definition) is 5. The molecule has 0 N–H and O–H groups in total. The Balaban J connectivity index is 2.92. The lowest BCUT2D eigenvalue weighted by molar-refractivity contribution is -0.384. The summed E-state index contributed by atoms with van der Waals surface area (Å²) in [7, 11) is -1.38. The van der Waals surface area contributed by atoms with Crippen molar-refractivity contribution >= 4 is 26.4 Å². The zero-order valence-electron chi connectivity index (χ0n) is 15.6. The molecule has 8 nitrogen and oxygen atoms in total. The van der Waals surface area contributed by atoms with Crippen LogP contribution in [-0.4, -0.2) is 30.4 Å². The number of ether oxygens (including phenoxy) is 1. The highest BCUT2D eigenvalue weighted by Gasteiger charge is 2.35. The number of benzene rings is 1. The molecular formula is C17H23N3O5Si. The number of hydrogen-bond donors (Lipinski definition) is 0. The molecule has 0 spiro atoms. The van der Waals surface area contributed by atoms with E-state index < -0.39 is 25.3 Å². The summed E-state index contributed by atoms with van der Waals surface area (Å²) in [6.07, 6.45) is 1.46. The SMILES string of the molecule is C[SiH](C)O/C=C(\C(=[N+]=[N-])C(=O)OCc1ccc([N+](=O)[O-])cc1)C(C)(C)C. The molecule has 0 fully saturated rings. The van der Waals surface area contributed by atoms with Crippen molar-refractivity contribution in [2.45, 2.75) is 40.5 Å². The van der Waals surface area contributed by atoms with Crippen LogP contribution < -0.4 is 0 Å². The molecule has 0 atom stereocenters. The van der Waals surface area contributed by atoms with Crippen molar-refractivity contribution in [3.8, 4) is 0 Å². The van der Waals surface area contributed by atoms with Gasteiger partial charge < -0.3 is 14.7 Å². The van der Waals surface area contributed by atoms with Gasteiger partial charge >= 0.3 is 11.7 Å². The number of carbonyl (C=O) groups is 1. The summed E-state index contributed by atoms with van der Waals surface area (Å²) in [6.45, 7) is 9.42. The fraction of sp³-hybridized carbons (Fsp3) is 0.412. The second kappa shape index (κ2) is 9.07. The Morgan fingerprint density at radius 3 is 2.31 bits per heavy atom. The first kappa shape index (κ1) is 21.3. The van der Waals surface area contributed by atoms with Crippen LogP contribution >= 0.6 is 0 Å². The Bertz CT molecular complexity index is 745. The van der Waals surface area contributed by atoms with Crippen LogP contribution in [0.4, 0.5) is 5.69 Å². The summed E-state index contributed by atoms with van der Waals surface area (Å²) in [5, 5.41) is 10.6. The van der Waals surface area contributed by atoms with Gasteiger partial charge in [-0.15, -0.1) is 0 Å². The van der Waals surface area contributed by atoms with Crippen LogP contribution in [0.25, 0.3) is 5.53 Å². The number of non-ortho nitro benzene ring substituents is 1. The molecule has 9 heteroatoms. The summed E-state index contributed by atoms with van der Waals surface area (Å²) >= 11 is 0. The van der Waals surface area contributed by atoms with Crippen LogP contribution in [0.2, 0.25) is 13.1 Å². The van der Waals surface area contributed by atoms with E-state index in [-0.39, 0.29) is 18.0 Å². The third kappa shape index (κ3) is 6.27. The van der Waals surface area contributed by atoms with Crippen molar-refractivity contribution in [1.29, 1.82) is 0 Å². The molecule has 1 aromatic rings. The van der Waals surface area contributed by atoms with Crippen LogP contribution in [-0.2, 0) is 20.6 Å². The van der Waals surface area contributed by atoms with Crippen LogP contribution in [0, 0.1) is 15.5 Å². The van der Waals surface area contributed by atoms with Gasteiger partial charge in [-0.2, -0.15) is 4.79 Å². The minimum Gasteiger partial charge on any atom is -0.552 e. The van der Waals surface area contributed by atoms with Crippen LogP contribution in [0.15, 0.2) is 36.1 Å². The first-order chi connectivity index (χ1) is 12.1. The summed E-state index contributed by atoms with van der Waals surface area (Å²) < 4.78 is 10.8. The van der Waals surface area contributed by atoms with E-state index in [4.69, 9.17) is 9.16 Å². The highest BCUT2D eigenvalue weighted by Crippen LogP contribution is 2.26. The van der Waals surface area contributed by atoms with E-state index in [1.807, 2.05) is 33.9 Å². The summed E-state index contributed by atoms with van der Waals surface area (Å²) in [4.78, 5) is 25.6. The average Bonchev–Trinajstić information content (AvgIpc) is 2.55. The minimum atomic E-state index is -1.38. The van der Waals surface area contributed by atoms with Gasteiger partial charge in [0.15, 0.2) is 0 Å². The summed E-state index contributed by atoms with van der Waals surface area (Å²) in [5.74, 6) is -0.805. The number of carbonyl (C=O) groups excluding carboxylic acids is 1. The summed E-state index contributed by atoms with van der Waals surface area (Å²) in [5.41, 5.74) is 9.54. The van der Waals surface area contributed by atoms with Gasteiger partial charge in [-0.25, -0.2) is 4.79 Å². The average molecular weight is 377 g/mol. The first-order valence-electron chi connectivity index (χ1n) is 8.05. The second-order valence-corrected chi connectivity index (χ2v) is 9.28. The van der Waals surface area contributed by atoms with Crippen molar-refractivity contribution in [2.24, 2.45) is 5.41 Å². The second-order valence-electron chi connectivity index (χ2n) is 6.91. The maximum Gasteiger partial charge on any atom is 0.422 e. The van der Waals surface area contributed by atoms with Gasteiger partial charge in [-0.3, -0.25) is 10.1 Å². The molecule has 1 aromatic carbocycles. The van der Waals surface area contributed by atoms with E-state index >= 15 is 0 Å². The lowest BCUT2D eigenvalue weighted by atomic mass is 9.84. The molecule has 0 aromatic heterocycles. The van der Waals surface area contributed by atoms with Crippen molar-refractivity contribution < 1.29 is 23.7 Å². The topological polar surface area (TPSA) is 115 Å². The Kier molecular flexibility index (Phi) is 7.42. The minimum absolute atomic E-state index is 0.0503. The molecule has 1 rings (SSSR count). The normalized spacial score (nSPS) is 11.7. The Morgan fingerprint density at radius 2 is 1.88 bits per heavy atom. The van der Waals surface area contributed by atoms with E-state index in [0.717, 1.165) is 0 Å². The fourth-order valence-corrected chi connectivity index (χ4v) is 2.34. The number of rotatable bonds is 7. The van der Waals surface area contributed by atoms with Crippen molar-refractivity contribution in [2.75, 3.05) is 0 Å². The molecule has 26 heavy (non-hydrogen) atoms. The van der Waals surface area contributed by atoms with E-state index in [9.17, 15) is 20.4 Å². The quantitative estimate of drug-likeness (QED) is 0.106. The number of nitro benzene ring substituents is 1. The Labute approximate surface area is 153 Å². The van der Waals surface area contributed by atoms with Gasteiger partial charge in [0.25, 0.3) is 5.69 Å². The highest BCUT2D eigenvalue weighted by atomic mass is 28.3. The predicted octanol–water partition coefficient (Wildman–Crippen LogP) is 3.24. The molecule has 0 aliphatic rings. The van der Waals surface area contributed by atoms with E-state index in [0.29, 0.717) is 11.1 Å². The van der Waals surface area contributed by atoms with Crippen molar-refractivity contribution in [3.63, 3.8) is 0 Å². The maximum atomic E-state index is 12.3. The van der Waals surface area contributed by atoms with E-state index in [1.54, 1.807) is 0 Å². The molecule has 0 heterocycles. The third-order valence-electron chi connectivity index (χ3n) is 3.33. The smallest absolute Gasteiger partial charge is 0.422 e. The van der Waals surface area contributed by atoms with Crippen LogP contribution in [0.1, 0.15) is 26.3 Å². The van der Waals surface area contributed by atoms with Gasteiger partial charge in [-0.1, -0.05) is 20.8 Å².